The van der Waals surface area contributed by atoms with Crippen LogP contribution in [0.15, 0.2) is 64.1 Å². The number of rotatable bonds is 8. The van der Waals surface area contributed by atoms with Crippen LogP contribution < -0.4 is 5.32 Å². The van der Waals surface area contributed by atoms with E-state index in [0.717, 1.165) is 20.8 Å². The first-order chi connectivity index (χ1) is 15.4. The van der Waals surface area contributed by atoms with Crippen molar-refractivity contribution in [2.75, 3.05) is 5.75 Å². The van der Waals surface area contributed by atoms with Crippen molar-refractivity contribution in [1.29, 1.82) is 0 Å². The molecule has 0 radical (unpaired) electrons. The van der Waals surface area contributed by atoms with E-state index in [9.17, 15) is 4.79 Å². The van der Waals surface area contributed by atoms with Crippen LogP contribution in [0.4, 0.5) is 0 Å². The first kappa shape index (κ1) is 22.8. The summed E-state index contributed by atoms with van der Waals surface area (Å²) in [5, 5.41) is 12.6. The molecule has 0 aliphatic carbocycles. The monoisotopic (exact) mass is 483 g/mol. The van der Waals surface area contributed by atoms with Crippen LogP contribution in [0.2, 0.25) is 0 Å². The summed E-state index contributed by atoms with van der Waals surface area (Å²) in [6, 6.07) is 18.4. The van der Waals surface area contributed by atoms with Gasteiger partial charge in [-0.25, -0.2) is 4.98 Å². The summed E-state index contributed by atoms with van der Waals surface area (Å²) < 4.78 is 4.30. The van der Waals surface area contributed by atoms with Gasteiger partial charge in [0, 0.05) is 5.54 Å². The third-order valence-corrected chi connectivity index (χ3v) is 7.56. The van der Waals surface area contributed by atoms with Gasteiger partial charge in [0.2, 0.25) is 5.91 Å². The van der Waals surface area contributed by atoms with Crippen molar-refractivity contribution >= 4 is 51.0 Å². The fourth-order valence-electron chi connectivity index (χ4n) is 3.08. The highest BCUT2D eigenvalue weighted by Gasteiger charge is 2.18. The first-order valence-corrected chi connectivity index (χ1v) is 13.0. The molecule has 0 aliphatic rings. The average Bonchev–Trinajstić information content (AvgIpc) is 3.33. The number of thiazole rings is 1. The molecule has 0 bridgehead atoms. The predicted octanol–water partition coefficient (Wildman–Crippen LogP) is 5.24. The van der Waals surface area contributed by atoms with Gasteiger partial charge in [-0.05, 0) is 38.5 Å². The Morgan fingerprint density at radius 3 is 2.53 bits per heavy atom. The van der Waals surface area contributed by atoms with Crippen molar-refractivity contribution in [3.8, 4) is 0 Å². The number of aromatic nitrogens is 4. The van der Waals surface area contributed by atoms with Crippen LogP contribution in [0.25, 0.3) is 10.2 Å². The van der Waals surface area contributed by atoms with E-state index in [2.05, 4.69) is 38.3 Å². The summed E-state index contributed by atoms with van der Waals surface area (Å²) >= 11 is 4.77. The minimum Gasteiger partial charge on any atom is -0.351 e. The van der Waals surface area contributed by atoms with Crippen molar-refractivity contribution in [2.24, 2.45) is 0 Å². The number of fused-ring (bicyclic) bond motifs is 1. The van der Waals surface area contributed by atoms with Crippen molar-refractivity contribution in [1.82, 2.24) is 25.1 Å². The Kier molecular flexibility index (Phi) is 7.17. The molecule has 166 valence electrons. The Labute approximate surface area is 200 Å². The molecule has 4 aromatic rings. The normalized spacial score (nSPS) is 11.7. The summed E-state index contributed by atoms with van der Waals surface area (Å²) in [6.45, 7) is 6.59. The second-order valence-corrected chi connectivity index (χ2v) is 11.5. The summed E-state index contributed by atoms with van der Waals surface area (Å²) in [5.41, 5.74) is 1.93. The van der Waals surface area contributed by atoms with Gasteiger partial charge in [-0.15, -0.1) is 21.5 Å². The highest BCUT2D eigenvalue weighted by atomic mass is 32.2. The van der Waals surface area contributed by atoms with Crippen LogP contribution in [0.1, 0.15) is 32.2 Å². The zero-order chi connectivity index (χ0) is 22.6. The maximum atomic E-state index is 12.3. The number of hydrogen-bond acceptors (Lipinski definition) is 7. The van der Waals surface area contributed by atoms with E-state index in [4.69, 9.17) is 4.98 Å². The lowest BCUT2D eigenvalue weighted by Crippen LogP contribution is -2.41. The summed E-state index contributed by atoms with van der Waals surface area (Å²) in [7, 11) is 0. The van der Waals surface area contributed by atoms with Gasteiger partial charge >= 0.3 is 0 Å². The minimum absolute atomic E-state index is 0.0119. The van der Waals surface area contributed by atoms with Gasteiger partial charge in [0.1, 0.15) is 5.82 Å². The molecule has 2 heterocycles. The molecule has 0 aliphatic heterocycles. The Hall–Kier alpha value is -2.36. The van der Waals surface area contributed by atoms with Crippen LogP contribution in [0.5, 0.6) is 0 Å². The second kappa shape index (κ2) is 10.1. The van der Waals surface area contributed by atoms with Crippen molar-refractivity contribution < 1.29 is 4.79 Å². The van der Waals surface area contributed by atoms with Gasteiger partial charge in [0.25, 0.3) is 0 Å². The molecular formula is C23H25N5OS3. The summed E-state index contributed by atoms with van der Waals surface area (Å²) in [6.07, 6.45) is 0. The molecule has 6 nitrogen and oxygen atoms in total. The Morgan fingerprint density at radius 2 is 1.78 bits per heavy atom. The van der Waals surface area contributed by atoms with Crippen molar-refractivity contribution in [3.05, 3.63) is 66.0 Å². The van der Waals surface area contributed by atoms with E-state index in [1.165, 1.54) is 22.0 Å². The number of carbonyl (C=O) groups is 1. The van der Waals surface area contributed by atoms with E-state index < -0.39 is 0 Å². The van der Waals surface area contributed by atoms with E-state index in [1.807, 2.05) is 57.2 Å². The highest BCUT2D eigenvalue weighted by Crippen LogP contribution is 2.32. The molecular weight excluding hydrogens is 458 g/mol. The topological polar surface area (TPSA) is 72.7 Å². The third-order valence-electron chi connectivity index (χ3n) is 4.42. The Balaban J connectivity index is 1.50. The van der Waals surface area contributed by atoms with Gasteiger partial charge in [0.15, 0.2) is 9.50 Å². The molecule has 2 aromatic heterocycles. The van der Waals surface area contributed by atoms with Crippen LogP contribution in [0.3, 0.4) is 0 Å². The number of nitrogens with zero attached hydrogens (tertiary/aromatic N) is 4. The number of amides is 1. The minimum atomic E-state index is -0.256. The van der Waals surface area contributed by atoms with Crippen LogP contribution in [-0.2, 0) is 17.1 Å². The predicted molar refractivity (Wildman–Crippen MR) is 133 cm³/mol. The second-order valence-electron chi connectivity index (χ2n) is 8.29. The molecule has 4 rings (SSSR count). The molecule has 0 fully saturated rings. The molecule has 0 spiro atoms. The van der Waals surface area contributed by atoms with Gasteiger partial charge in [-0.3, -0.25) is 4.79 Å². The fourth-order valence-corrected chi connectivity index (χ4v) is 5.85. The first-order valence-electron chi connectivity index (χ1n) is 10.3. The largest absolute Gasteiger partial charge is 0.351 e. The lowest BCUT2D eigenvalue weighted by atomic mass is 10.1. The molecule has 0 saturated heterocycles. The quantitative estimate of drug-likeness (QED) is 0.346. The zero-order valence-corrected chi connectivity index (χ0v) is 20.7. The lowest BCUT2D eigenvalue weighted by Gasteiger charge is -2.20. The van der Waals surface area contributed by atoms with Crippen LogP contribution in [-0.4, -0.2) is 36.9 Å². The smallest absolute Gasteiger partial charge is 0.230 e. The van der Waals surface area contributed by atoms with Gasteiger partial charge < -0.3 is 9.88 Å². The van der Waals surface area contributed by atoms with Gasteiger partial charge in [0.05, 0.1) is 28.3 Å². The van der Waals surface area contributed by atoms with E-state index in [1.54, 1.807) is 23.1 Å². The van der Waals surface area contributed by atoms with Gasteiger partial charge in [-0.2, -0.15) is 0 Å². The molecule has 9 heteroatoms. The van der Waals surface area contributed by atoms with E-state index in [-0.39, 0.29) is 11.4 Å². The number of thioether (sulfide) groups is 2. The molecule has 32 heavy (non-hydrogen) atoms. The standard InChI is InChI=1S/C23H25N5OS3/c1-23(2,3)25-20(29)15-30-21-27-26-19(28(21)13-16-9-5-4-6-10-16)14-31-22-24-17-11-7-8-12-18(17)32-22/h4-12H,13-15H2,1-3H3,(H,25,29). The van der Waals surface area contributed by atoms with Crippen LogP contribution >= 0.6 is 34.9 Å². The van der Waals surface area contributed by atoms with Crippen LogP contribution in [0, 0.1) is 0 Å². The zero-order valence-electron chi connectivity index (χ0n) is 18.2. The molecule has 1 N–H and O–H groups in total. The Morgan fingerprint density at radius 1 is 1.03 bits per heavy atom. The molecule has 2 aromatic carbocycles. The number of para-hydroxylation sites is 1. The number of nitrogens with one attached hydrogen (secondary N) is 1. The van der Waals surface area contributed by atoms with Gasteiger partial charge in [-0.1, -0.05) is 66.0 Å². The SMILES string of the molecule is CC(C)(C)NC(=O)CSc1nnc(CSc2nc3ccccc3s2)n1Cc1ccccc1. The molecule has 1 amide bonds. The Bertz CT molecular complexity index is 1160. The van der Waals surface area contributed by atoms with Crippen molar-refractivity contribution in [2.45, 2.75) is 48.1 Å². The fraction of sp³-hybridized carbons (Fsp3) is 0.304. The third kappa shape index (κ3) is 6.11. The maximum Gasteiger partial charge on any atom is 0.230 e. The molecule has 0 saturated carbocycles. The lowest BCUT2D eigenvalue weighted by molar-refractivity contribution is -0.119. The van der Waals surface area contributed by atoms with E-state index >= 15 is 0 Å². The molecule has 0 atom stereocenters. The maximum absolute atomic E-state index is 12.3. The molecule has 0 unspecified atom stereocenters. The summed E-state index contributed by atoms with van der Waals surface area (Å²) in [5.74, 6) is 1.82. The van der Waals surface area contributed by atoms with Crippen molar-refractivity contribution in [3.63, 3.8) is 0 Å². The average molecular weight is 484 g/mol. The number of hydrogen-bond donors (Lipinski definition) is 1. The van der Waals surface area contributed by atoms with E-state index in [0.29, 0.717) is 18.1 Å². The summed E-state index contributed by atoms with van der Waals surface area (Å²) in [4.78, 5) is 17.0. The number of benzene rings is 2. The number of carbonyl (C=O) groups excluding carboxylic acids is 1. The highest BCUT2D eigenvalue weighted by molar-refractivity contribution is 8.00.